The molecule has 3 rings (SSSR count). The molecule has 0 amide bonds. The van der Waals surface area contributed by atoms with Gasteiger partial charge in [-0.2, -0.15) is 0 Å². The number of anilines is 1. The zero-order chi connectivity index (χ0) is 19.3. The van der Waals surface area contributed by atoms with Crippen LogP contribution in [0.25, 0.3) is 0 Å². The summed E-state index contributed by atoms with van der Waals surface area (Å²) < 4.78 is 5.80. The Hall–Kier alpha value is -2.09. The average molecular weight is 391 g/mol. The topological polar surface area (TPSA) is 78.6 Å². The second-order valence-electron chi connectivity index (χ2n) is 7.79. The maximum Gasteiger partial charge on any atom is 0.213 e. The molecule has 7 nitrogen and oxygen atoms in total. The normalized spacial score (nSPS) is 15.4. The van der Waals surface area contributed by atoms with Crippen LogP contribution in [-0.4, -0.2) is 42.6 Å². The number of guanidine groups is 1. The van der Waals surface area contributed by atoms with Crippen LogP contribution in [0.15, 0.2) is 21.0 Å². The smallest absolute Gasteiger partial charge is 0.213 e. The monoisotopic (exact) mass is 390 g/mol. The molecule has 1 aliphatic rings. The molecule has 1 saturated heterocycles. The molecule has 0 aliphatic carbocycles. The minimum atomic E-state index is -0.0351. The summed E-state index contributed by atoms with van der Waals surface area (Å²) in [6.45, 7) is 9.89. The molecule has 0 saturated carbocycles. The number of nitrogens with one attached hydrogen (secondary N) is 2. The summed E-state index contributed by atoms with van der Waals surface area (Å²) in [7, 11) is 1.76. The first kappa shape index (κ1) is 19.7. The van der Waals surface area contributed by atoms with Gasteiger partial charge in [-0.3, -0.25) is 4.99 Å². The van der Waals surface area contributed by atoms with Gasteiger partial charge >= 0.3 is 0 Å². The molecule has 0 bridgehead atoms. The third-order valence-corrected chi connectivity index (χ3v) is 5.46. The highest BCUT2D eigenvalue weighted by Gasteiger charge is 2.19. The van der Waals surface area contributed by atoms with Gasteiger partial charge < -0.3 is 20.0 Å². The summed E-state index contributed by atoms with van der Waals surface area (Å²) in [5, 5.41) is 9.88. The number of aromatic nitrogens is 2. The Labute approximate surface area is 165 Å². The van der Waals surface area contributed by atoms with Crippen LogP contribution in [-0.2, 0) is 18.4 Å². The first-order chi connectivity index (χ1) is 13.0. The van der Waals surface area contributed by atoms with Crippen molar-refractivity contribution < 1.29 is 4.42 Å². The fourth-order valence-corrected chi connectivity index (χ4v) is 3.81. The van der Waals surface area contributed by atoms with Crippen molar-refractivity contribution in [2.45, 2.75) is 52.0 Å². The number of nitrogens with zero attached hydrogens (tertiary/aromatic N) is 4. The molecular formula is C19H30N6OS. The molecule has 1 aliphatic heterocycles. The lowest BCUT2D eigenvalue weighted by molar-refractivity contribution is 0.379. The Morgan fingerprint density at radius 2 is 2.07 bits per heavy atom. The number of aliphatic imine (C=N–C) groups is 1. The van der Waals surface area contributed by atoms with Crippen LogP contribution in [0.3, 0.4) is 0 Å². The van der Waals surface area contributed by atoms with Gasteiger partial charge in [0.15, 0.2) is 11.1 Å². The molecule has 3 heterocycles. The van der Waals surface area contributed by atoms with Crippen LogP contribution in [0, 0.1) is 0 Å². The van der Waals surface area contributed by atoms with Gasteiger partial charge in [0, 0.05) is 43.9 Å². The lowest BCUT2D eigenvalue weighted by Crippen LogP contribution is -2.38. The highest BCUT2D eigenvalue weighted by atomic mass is 32.1. The first-order valence-electron chi connectivity index (χ1n) is 9.55. The third kappa shape index (κ3) is 5.45. The van der Waals surface area contributed by atoms with E-state index in [1.807, 2.05) is 0 Å². The second-order valence-corrected chi connectivity index (χ2v) is 8.62. The van der Waals surface area contributed by atoms with Crippen LogP contribution in [0.4, 0.5) is 5.13 Å². The second kappa shape index (κ2) is 8.73. The molecule has 0 radical (unpaired) electrons. The number of thiazole rings is 1. The molecule has 2 aromatic rings. The highest BCUT2D eigenvalue weighted by molar-refractivity contribution is 7.13. The molecule has 27 heavy (non-hydrogen) atoms. The van der Waals surface area contributed by atoms with E-state index in [1.54, 1.807) is 24.6 Å². The fourth-order valence-electron chi connectivity index (χ4n) is 2.89. The molecule has 0 atom stereocenters. The number of rotatable bonds is 6. The van der Waals surface area contributed by atoms with Gasteiger partial charge in [0.25, 0.3) is 0 Å². The maximum atomic E-state index is 5.80. The van der Waals surface area contributed by atoms with Gasteiger partial charge in [0.2, 0.25) is 5.89 Å². The Morgan fingerprint density at radius 1 is 1.30 bits per heavy atom. The molecule has 8 heteroatoms. The summed E-state index contributed by atoms with van der Waals surface area (Å²) in [5.41, 5.74) is 1.10. The Kier molecular flexibility index (Phi) is 6.36. The standard InChI is InChI=1S/C19H30N6OS/c1-19(2,3)15-11-22-16(26-15)12-23-17(20-4)21-8-7-14-13-27-18(24-14)25-9-5-6-10-25/h11,13H,5-10,12H2,1-4H3,(H2,20,21,23). The van der Waals surface area contributed by atoms with Crippen molar-refractivity contribution in [2.75, 3.05) is 31.6 Å². The Balaban J connectivity index is 1.42. The van der Waals surface area contributed by atoms with E-state index in [2.05, 4.69) is 51.7 Å². The summed E-state index contributed by atoms with van der Waals surface area (Å²) in [6.07, 6.45) is 5.23. The van der Waals surface area contributed by atoms with Crippen molar-refractivity contribution >= 4 is 22.4 Å². The van der Waals surface area contributed by atoms with Gasteiger partial charge in [-0.1, -0.05) is 20.8 Å². The average Bonchev–Trinajstić information content (AvgIpc) is 3.38. The Bertz CT molecular complexity index is 754. The van der Waals surface area contributed by atoms with E-state index < -0.39 is 0 Å². The van der Waals surface area contributed by atoms with E-state index in [4.69, 9.17) is 9.40 Å². The number of hydrogen-bond acceptors (Lipinski definition) is 6. The molecule has 0 unspecified atom stereocenters. The van der Waals surface area contributed by atoms with Gasteiger partial charge in [0.1, 0.15) is 5.76 Å². The quantitative estimate of drug-likeness (QED) is 0.583. The minimum absolute atomic E-state index is 0.0351. The zero-order valence-electron chi connectivity index (χ0n) is 16.7. The van der Waals surface area contributed by atoms with Crippen molar-refractivity contribution in [3.63, 3.8) is 0 Å². The lowest BCUT2D eigenvalue weighted by Gasteiger charge is -2.13. The molecule has 2 aromatic heterocycles. The molecular weight excluding hydrogens is 360 g/mol. The first-order valence-corrected chi connectivity index (χ1v) is 10.4. The van der Waals surface area contributed by atoms with Crippen LogP contribution >= 0.6 is 11.3 Å². The maximum absolute atomic E-state index is 5.80. The van der Waals surface area contributed by atoms with E-state index in [0.29, 0.717) is 12.4 Å². The van der Waals surface area contributed by atoms with Crippen LogP contribution in [0.5, 0.6) is 0 Å². The van der Waals surface area contributed by atoms with E-state index in [0.717, 1.165) is 48.6 Å². The van der Waals surface area contributed by atoms with Crippen molar-refractivity contribution in [2.24, 2.45) is 4.99 Å². The predicted octanol–water partition coefficient (Wildman–Crippen LogP) is 2.94. The summed E-state index contributed by atoms with van der Waals surface area (Å²) >= 11 is 1.74. The minimum Gasteiger partial charge on any atom is -0.443 e. The zero-order valence-corrected chi connectivity index (χ0v) is 17.5. The van der Waals surface area contributed by atoms with Crippen LogP contribution < -0.4 is 15.5 Å². The number of hydrogen-bond donors (Lipinski definition) is 2. The summed E-state index contributed by atoms with van der Waals surface area (Å²) in [4.78, 5) is 15.7. The largest absolute Gasteiger partial charge is 0.443 e. The molecule has 148 valence electrons. The van der Waals surface area contributed by atoms with E-state index in [9.17, 15) is 0 Å². The van der Waals surface area contributed by atoms with Crippen molar-refractivity contribution in [1.82, 2.24) is 20.6 Å². The fraction of sp³-hybridized carbons (Fsp3) is 0.632. The molecule has 2 N–H and O–H groups in total. The van der Waals surface area contributed by atoms with E-state index >= 15 is 0 Å². The Morgan fingerprint density at radius 3 is 2.74 bits per heavy atom. The SMILES string of the molecule is CN=C(NCCc1csc(N2CCCC2)n1)NCc1ncc(C(C)(C)C)o1. The molecule has 0 aromatic carbocycles. The van der Waals surface area contributed by atoms with Gasteiger partial charge in [-0.05, 0) is 12.8 Å². The predicted molar refractivity (Wildman–Crippen MR) is 111 cm³/mol. The van der Waals surface area contributed by atoms with Crippen molar-refractivity contribution in [3.05, 3.63) is 28.9 Å². The highest BCUT2D eigenvalue weighted by Crippen LogP contribution is 2.24. The molecule has 1 fully saturated rings. The van der Waals surface area contributed by atoms with Crippen molar-refractivity contribution in [3.8, 4) is 0 Å². The van der Waals surface area contributed by atoms with Crippen LogP contribution in [0.2, 0.25) is 0 Å². The van der Waals surface area contributed by atoms with Crippen LogP contribution in [0.1, 0.15) is 51.0 Å². The number of oxazole rings is 1. The van der Waals surface area contributed by atoms with Gasteiger partial charge in [-0.15, -0.1) is 11.3 Å². The van der Waals surface area contributed by atoms with Gasteiger partial charge in [0.05, 0.1) is 18.4 Å². The third-order valence-electron chi connectivity index (χ3n) is 4.51. The van der Waals surface area contributed by atoms with Crippen molar-refractivity contribution in [1.29, 1.82) is 0 Å². The molecule has 0 spiro atoms. The summed E-state index contributed by atoms with van der Waals surface area (Å²) in [6, 6.07) is 0. The lowest BCUT2D eigenvalue weighted by atomic mass is 9.94. The van der Waals surface area contributed by atoms with Gasteiger partial charge in [-0.25, -0.2) is 9.97 Å². The van der Waals surface area contributed by atoms with E-state index in [1.165, 1.54) is 12.8 Å². The van der Waals surface area contributed by atoms with E-state index in [-0.39, 0.29) is 5.41 Å². The summed E-state index contributed by atoms with van der Waals surface area (Å²) in [5.74, 6) is 2.29.